The Morgan fingerprint density at radius 2 is 2.06 bits per heavy atom. The molecule has 0 saturated carbocycles. The minimum absolute atomic E-state index is 0.0190. The van der Waals surface area contributed by atoms with Gasteiger partial charge in [0, 0.05) is 23.6 Å². The molecule has 1 aliphatic carbocycles. The van der Waals surface area contributed by atoms with Gasteiger partial charge in [0.25, 0.3) is 5.56 Å². The van der Waals surface area contributed by atoms with Crippen molar-refractivity contribution in [3.05, 3.63) is 62.0 Å². The number of hydrogen-bond donors (Lipinski definition) is 2. The van der Waals surface area contributed by atoms with Gasteiger partial charge < -0.3 is 15.2 Å². The summed E-state index contributed by atoms with van der Waals surface area (Å²) in [5.74, 6) is 2.03. The van der Waals surface area contributed by atoms with E-state index in [0.29, 0.717) is 30.3 Å². The number of amides is 1. The molecule has 1 aromatic carbocycles. The zero-order valence-electron chi connectivity index (χ0n) is 19.6. The summed E-state index contributed by atoms with van der Waals surface area (Å²) in [6, 6.07) is 8.76. The number of fused-ring (bicyclic) bond motifs is 3. The Morgan fingerprint density at radius 3 is 2.79 bits per heavy atom. The number of carbonyl (C=O) groups excluding carboxylic acids is 1. The van der Waals surface area contributed by atoms with E-state index in [1.807, 2.05) is 14.1 Å². The molecule has 176 valence electrons. The first-order chi connectivity index (χ1) is 16.0. The molecule has 1 unspecified atom stereocenters. The molecule has 1 atom stereocenters. The van der Waals surface area contributed by atoms with Gasteiger partial charge >= 0.3 is 0 Å². The summed E-state index contributed by atoms with van der Waals surface area (Å²) in [5.41, 5.74) is 3.71. The number of benzene rings is 1. The first-order valence-corrected chi connectivity index (χ1v) is 13.6. The monoisotopic (exact) mass is 484 g/mol. The summed E-state index contributed by atoms with van der Waals surface area (Å²) in [7, 11) is 4.07. The molecule has 8 heteroatoms. The fourth-order valence-electron chi connectivity index (χ4n) is 4.32. The van der Waals surface area contributed by atoms with Crippen LogP contribution in [0.1, 0.15) is 53.2 Å². The van der Waals surface area contributed by atoms with Gasteiger partial charge in [-0.05, 0) is 56.5 Å². The van der Waals surface area contributed by atoms with Crippen molar-refractivity contribution < 1.29 is 4.79 Å². The highest BCUT2D eigenvalue weighted by molar-refractivity contribution is 7.98. The van der Waals surface area contributed by atoms with Crippen LogP contribution in [0.15, 0.2) is 29.1 Å². The maximum absolute atomic E-state index is 12.6. The molecular weight excluding hydrogens is 452 g/mol. The standard InChI is InChI=1S/C25H32N4O2S2/c1-4-16-8-10-17(11-9-16)19(29(2)3)14-26-22(30)12-13-32-15-21-27-24(31)23-18-6-5-7-20(18)33-25(23)28-21/h8-11,19H,4-7,12-15H2,1-3H3,(H,26,30)(H,27,28,31). The fourth-order valence-corrected chi connectivity index (χ4v) is 6.41. The van der Waals surface area contributed by atoms with Crippen molar-refractivity contribution in [2.75, 3.05) is 26.4 Å². The highest BCUT2D eigenvalue weighted by Crippen LogP contribution is 2.34. The van der Waals surface area contributed by atoms with Crippen molar-refractivity contribution in [2.24, 2.45) is 0 Å². The molecule has 2 N–H and O–H groups in total. The number of likely N-dealkylation sites (N-methyl/N-ethyl adjacent to an activating group) is 1. The number of aryl methyl sites for hydroxylation is 3. The van der Waals surface area contributed by atoms with Gasteiger partial charge in [0.2, 0.25) is 5.91 Å². The van der Waals surface area contributed by atoms with Crippen LogP contribution in [0.3, 0.4) is 0 Å². The number of aromatic nitrogens is 2. The fraction of sp³-hybridized carbons (Fsp3) is 0.480. The summed E-state index contributed by atoms with van der Waals surface area (Å²) >= 11 is 3.29. The predicted molar refractivity (Wildman–Crippen MR) is 138 cm³/mol. The number of rotatable bonds is 10. The van der Waals surface area contributed by atoms with Gasteiger partial charge in [0.05, 0.1) is 17.2 Å². The molecule has 0 spiro atoms. The second-order valence-electron chi connectivity index (χ2n) is 8.73. The number of thioether (sulfide) groups is 1. The Balaban J connectivity index is 1.25. The van der Waals surface area contributed by atoms with E-state index in [1.54, 1.807) is 23.1 Å². The van der Waals surface area contributed by atoms with Gasteiger partial charge in [-0.25, -0.2) is 4.98 Å². The second-order valence-corrected chi connectivity index (χ2v) is 10.9. The lowest BCUT2D eigenvalue weighted by molar-refractivity contribution is -0.120. The summed E-state index contributed by atoms with van der Waals surface area (Å²) in [6.45, 7) is 2.73. The first-order valence-electron chi connectivity index (χ1n) is 11.6. The van der Waals surface area contributed by atoms with E-state index in [2.05, 4.69) is 51.4 Å². The molecule has 33 heavy (non-hydrogen) atoms. The summed E-state index contributed by atoms with van der Waals surface area (Å²) in [4.78, 5) is 36.9. The van der Waals surface area contributed by atoms with Gasteiger partial charge in [-0.2, -0.15) is 11.8 Å². The minimum Gasteiger partial charge on any atom is -0.354 e. The molecule has 3 aromatic rings. The van der Waals surface area contributed by atoms with E-state index >= 15 is 0 Å². The van der Waals surface area contributed by atoms with Gasteiger partial charge in [-0.1, -0.05) is 31.2 Å². The second kappa shape index (κ2) is 10.8. The molecular formula is C25H32N4O2S2. The van der Waals surface area contributed by atoms with Crippen LogP contribution in [-0.2, 0) is 29.8 Å². The van der Waals surface area contributed by atoms with Crippen LogP contribution in [0.4, 0.5) is 0 Å². The third-order valence-corrected chi connectivity index (χ3v) is 8.38. The van der Waals surface area contributed by atoms with E-state index in [9.17, 15) is 9.59 Å². The van der Waals surface area contributed by atoms with Crippen molar-refractivity contribution in [2.45, 2.75) is 50.8 Å². The average Bonchev–Trinajstić information content (AvgIpc) is 3.38. The summed E-state index contributed by atoms with van der Waals surface area (Å²) in [5, 5.41) is 3.87. The number of H-pyrrole nitrogens is 1. The molecule has 0 saturated heterocycles. The largest absolute Gasteiger partial charge is 0.354 e. The minimum atomic E-state index is -0.0190. The van der Waals surface area contributed by atoms with Crippen LogP contribution in [0.25, 0.3) is 10.2 Å². The lowest BCUT2D eigenvalue weighted by atomic mass is 10.0. The van der Waals surface area contributed by atoms with Crippen LogP contribution in [0.2, 0.25) is 0 Å². The van der Waals surface area contributed by atoms with Crippen LogP contribution >= 0.6 is 23.1 Å². The quantitative estimate of drug-likeness (QED) is 0.424. The van der Waals surface area contributed by atoms with Crippen molar-refractivity contribution in [1.29, 1.82) is 0 Å². The van der Waals surface area contributed by atoms with Crippen LogP contribution in [0, 0.1) is 0 Å². The Labute approximate surface area is 203 Å². The number of thiophene rings is 1. The Hall–Kier alpha value is -2.16. The van der Waals surface area contributed by atoms with E-state index in [1.165, 1.54) is 21.6 Å². The lowest BCUT2D eigenvalue weighted by Crippen LogP contribution is -2.34. The maximum Gasteiger partial charge on any atom is 0.259 e. The zero-order valence-corrected chi connectivity index (χ0v) is 21.2. The Bertz CT molecular complexity index is 1170. The highest BCUT2D eigenvalue weighted by atomic mass is 32.2. The Kier molecular flexibility index (Phi) is 7.88. The van der Waals surface area contributed by atoms with Gasteiger partial charge in [-0.3, -0.25) is 9.59 Å². The number of aromatic amines is 1. The van der Waals surface area contributed by atoms with Gasteiger partial charge in [0.15, 0.2) is 0 Å². The number of nitrogens with one attached hydrogen (secondary N) is 2. The van der Waals surface area contributed by atoms with Crippen LogP contribution in [-0.4, -0.2) is 47.2 Å². The predicted octanol–water partition coefficient (Wildman–Crippen LogP) is 4.08. The van der Waals surface area contributed by atoms with E-state index < -0.39 is 0 Å². The lowest BCUT2D eigenvalue weighted by Gasteiger charge is -2.25. The molecule has 0 bridgehead atoms. The molecule has 4 rings (SSSR count). The molecule has 2 heterocycles. The number of nitrogens with zero attached hydrogens (tertiary/aromatic N) is 2. The summed E-state index contributed by atoms with van der Waals surface area (Å²) < 4.78 is 0. The average molecular weight is 485 g/mol. The van der Waals surface area contributed by atoms with Crippen LogP contribution in [0.5, 0.6) is 0 Å². The van der Waals surface area contributed by atoms with Crippen molar-refractivity contribution in [3.63, 3.8) is 0 Å². The van der Waals surface area contributed by atoms with E-state index in [4.69, 9.17) is 0 Å². The molecule has 2 aromatic heterocycles. The highest BCUT2D eigenvalue weighted by Gasteiger charge is 2.21. The topological polar surface area (TPSA) is 78.1 Å². The third-order valence-electron chi connectivity index (χ3n) is 6.23. The smallest absolute Gasteiger partial charge is 0.259 e. The van der Waals surface area contributed by atoms with Crippen molar-refractivity contribution in [1.82, 2.24) is 20.2 Å². The number of carbonyl (C=O) groups is 1. The third kappa shape index (κ3) is 5.67. The first kappa shape index (κ1) is 24.0. The number of hydrogen-bond acceptors (Lipinski definition) is 6. The maximum atomic E-state index is 12.6. The SMILES string of the molecule is CCc1ccc(C(CNC(=O)CCSCc2nc3sc4c(c3c(=O)[nH]2)CCC4)N(C)C)cc1. The molecule has 1 aliphatic rings. The molecule has 0 aliphatic heterocycles. The van der Waals surface area contributed by atoms with Gasteiger partial charge in [-0.15, -0.1) is 11.3 Å². The summed E-state index contributed by atoms with van der Waals surface area (Å²) in [6.07, 6.45) is 4.65. The Morgan fingerprint density at radius 1 is 1.27 bits per heavy atom. The molecule has 0 fully saturated rings. The van der Waals surface area contributed by atoms with Crippen molar-refractivity contribution in [3.8, 4) is 0 Å². The zero-order chi connectivity index (χ0) is 23.4. The normalized spacial score (nSPS) is 14.1. The molecule has 0 radical (unpaired) electrons. The van der Waals surface area contributed by atoms with E-state index in [0.717, 1.165) is 35.9 Å². The van der Waals surface area contributed by atoms with E-state index in [-0.39, 0.29) is 17.5 Å². The van der Waals surface area contributed by atoms with Crippen LogP contribution < -0.4 is 10.9 Å². The molecule has 6 nitrogen and oxygen atoms in total. The van der Waals surface area contributed by atoms with Crippen molar-refractivity contribution >= 4 is 39.2 Å². The van der Waals surface area contributed by atoms with Gasteiger partial charge in [0.1, 0.15) is 10.7 Å². The molecule has 1 amide bonds.